The van der Waals surface area contributed by atoms with Crippen LogP contribution in [-0.4, -0.2) is 11.7 Å². The molecule has 0 spiro atoms. The number of hydrogen-bond acceptors (Lipinski definition) is 1. The minimum absolute atomic E-state index is 0.0165. The predicted octanol–water partition coefficient (Wildman–Crippen LogP) is 4.68. The van der Waals surface area contributed by atoms with Gasteiger partial charge in [-0.1, -0.05) is 13.3 Å². The van der Waals surface area contributed by atoms with Gasteiger partial charge in [0.25, 0.3) is 0 Å². The zero-order chi connectivity index (χ0) is 16.3. The molecule has 0 saturated heterocycles. The average Bonchev–Trinajstić information content (AvgIpc) is 2.35. The second-order valence-corrected chi connectivity index (χ2v) is 4.96. The molecular formula is C14H16F6O. The van der Waals surface area contributed by atoms with Gasteiger partial charge in [-0.15, -0.1) is 0 Å². The van der Waals surface area contributed by atoms with Crippen molar-refractivity contribution in [1.29, 1.82) is 0 Å². The first-order valence-corrected chi connectivity index (χ1v) is 6.47. The van der Waals surface area contributed by atoms with E-state index in [-0.39, 0.29) is 30.6 Å². The van der Waals surface area contributed by atoms with E-state index < -0.39 is 23.5 Å². The molecule has 0 aliphatic heterocycles. The van der Waals surface area contributed by atoms with E-state index in [1.807, 2.05) is 6.92 Å². The number of hydrogen-bond donors (Lipinski definition) is 1. The van der Waals surface area contributed by atoms with E-state index in [1.54, 1.807) is 0 Å². The van der Waals surface area contributed by atoms with Gasteiger partial charge in [0.1, 0.15) is 0 Å². The van der Waals surface area contributed by atoms with Crippen LogP contribution in [0.2, 0.25) is 0 Å². The molecule has 0 fully saturated rings. The van der Waals surface area contributed by atoms with E-state index in [0.717, 1.165) is 0 Å². The quantitative estimate of drug-likeness (QED) is 0.783. The smallest absolute Gasteiger partial charge is 0.396 e. The number of halogens is 6. The third-order valence-corrected chi connectivity index (χ3v) is 3.13. The number of rotatable bonds is 5. The summed E-state index contributed by atoms with van der Waals surface area (Å²) >= 11 is 0. The molecule has 1 atom stereocenters. The second kappa shape index (κ2) is 6.68. The van der Waals surface area contributed by atoms with Crippen LogP contribution in [0.15, 0.2) is 18.2 Å². The Balaban J connectivity index is 3.19. The van der Waals surface area contributed by atoms with Gasteiger partial charge < -0.3 is 5.11 Å². The fourth-order valence-electron chi connectivity index (χ4n) is 2.14. The summed E-state index contributed by atoms with van der Waals surface area (Å²) in [5, 5.41) is 9.13. The molecule has 0 saturated carbocycles. The van der Waals surface area contributed by atoms with Crippen LogP contribution in [0.25, 0.3) is 0 Å². The van der Waals surface area contributed by atoms with Crippen molar-refractivity contribution in [3.8, 4) is 0 Å². The Hall–Kier alpha value is -1.24. The normalized spacial score (nSPS) is 14.3. The Morgan fingerprint density at radius 1 is 0.952 bits per heavy atom. The van der Waals surface area contributed by atoms with Crippen LogP contribution in [-0.2, 0) is 18.8 Å². The van der Waals surface area contributed by atoms with Crippen molar-refractivity contribution in [2.45, 2.75) is 38.5 Å². The van der Waals surface area contributed by atoms with Gasteiger partial charge in [0.05, 0.1) is 11.1 Å². The molecule has 1 nitrogen and oxygen atoms in total. The number of benzene rings is 1. The Morgan fingerprint density at radius 2 is 1.43 bits per heavy atom. The van der Waals surface area contributed by atoms with Gasteiger partial charge >= 0.3 is 12.4 Å². The minimum Gasteiger partial charge on any atom is -0.396 e. The second-order valence-electron chi connectivity index (χ2n) is 4.96. The van der Waals surface area contributed by atoms with Crippen molar-refractivity contribution in [3.05, 3.63) is 34.9 Å². The lowest BCUT2D eigenvalue weighted by molar-refractivity contribution is -0.143. The van der Waals surface area contributed by atoms with Crippen LogP contribution >= 0.6 is 0 Å². The first-order valence-electron chi connectivity index (χ1n) is 6.47. The Bertz CT molecular complexity index is 431. The van der Waals surface area contributed by atoms with E-state index in [2.05, 4.69) is 0 Å². The van der Waals surface area contributed by atoms with E-state index in [0.29, 0.717) is 25.0 Å². The maximum absolute atomic E-state index is 12.7. The minimum atomic E-state index is -4.84. The highest BCUT2D eigenvalue weighted by molar-refractivity contribution is 5.33. The Labute approximate surface area is 118 Å². The molecular weight excluding hydrogens is 298 g/mol. The Kier molecular flexibility index (Phi) is 5.67. The monoisotopic (exact) mass is 314 g/mol. The van der Waals surface area contributed by atoms with Gasteiger partial charge in [0.15, 0.2) is 0 Å². The zero-order valence-electron chi connectivity index (χ0n) is 11.4. The molecule has 7 heteroatoms. The van der Waals surface area contributed by atoms with Gasteiger partial charge in [-0.2, -0.15) is 26.3 Å². The standard InChI is InChI=1S/C14H16F6O/c1-2-3-9(8-21)4-10-5-11(13(15,16)17)7-12(6-10)14(18,19)20/h5-7,9,21H,2-4,8H2,1H3. The SMILES string of the molecule is CCCC(CO)Cc1cc(C(F)(F)F)cc(C(F)(F)F)c1. The lowest BCUT2D eigenvalue weighted by Crippen LogP contribution is -2.14. The molecule has 21 heavy (non-hydrogen) atoms. The molecule has 1 unspecified atom stereocenters. The number of aliphatic hydroxyl groups excluding tert-OH is 1. The lowest BCUT2D eigenvalue weighted by atomic mass is 9.93. The molecule has 120 valence electrons. The summed E-state index contributed by atoms with van der Waals surface area (Å²) in [6.07, 6.45) is -8.47. The van der Waals surface area contributed by atoms with Crippen LogP contribution in [0.5, 0.6) is 0 Å². The molecule has 0 aliphatic rings. The van der Waals surface area contributed by atoms with E-state index in [4.69, 9.17) is 5.11 Å². The van der Waals surface area contributed by atoms with Crippen molar-refractivity contribution in [2.75, 3.05) is 6.61 Å². The molecule has 1 aromatic carbocycles. The van der Waals surface area contributed by atoms with Gasteiger partial charge in [-0.3, -0.25) is 0 Å². The third kappa shape index (κ3) is 5.22. The molecule has 0 aromatic heterocycles. The third-order valence-electron chi connectivity index (χ3n) is 3.13. The molecule has 1 N–H and O–H groups in total. The van der Waals surface area contributed by atoms with Gasteiger partial charge in [-0.25, -0.2) is 0 Å². The highest BCUT2D eigenvalue weighted by Gasteiger charge is 2.36. The van der Waals surface area contributed by atoms with Crippen LogP contribution in [0.3, 0.4) is 0 Å². The van der Waals surface area contributed by atoms with E-state index in [9.17, 15) is 26.3 Å². The van der Waals surface area contributed by atoms with Crippen molar-refractivity contribution < 1.29 is 31.4 Å². The van der Waals surface area contributed by atoms with Crippen LogP contribution in [0.1, 0.15) is 36.5 Å². The molecule has 0 amide bonds. The Morgan fingerprint density at radius 3 is 1.76 bits per heavy atom. The van der Waals surface area contributed by atoms with Gasteiger partial charge in [-0.05, 0) is 42.5 Å². The summed E-state index contributed by atoms with van der Waals surface area (Å²) in [5.74, 6) is -0.348. The average molecular weight is 314 g/mol. The molecule has 0 aliphatic carbocycles. The molecule has 1 rings (SSSR count). The van der Waals surface area contributed by atoms with Crippen LogP contribution in [0.4, 0.5) is 26.3 Å². The fourth-order valence-corrected chi connectivity index (χ4v) is 2.14. The van der Waals surface area contributed by atoms with Crippen LogP contribution < -0.4 is 0 Å². The maximum Gasteiger partial charge on any atom is 0.416 e. The summed E-state index contributed by atoms with van der Waals surface area (Å²) in [6.45, 7) is 1.56. The maximum atomic E-state index is 12.7. The number of alkyl halides is 6. The molecule has 0 heterocycles. The van der Waals surface area contributed by atoms with E-state index >= 15 is 0 Å². The summed E-state index contributed by atoms with van der Waals surface area (Å²) in [6, 6.07) is 1.54. The topological polar surface area (TPSA) is 20.2 Å². The summed E-state index contributed by atoms with van der Waals surface area (Å²) < 4.78 is 76.1. The fraction of sp³-hybridized carbons (Fsp3) is 0.571. The highest BCUT2D eigenvalue weighted by atomic mass is 19.4. The summed E-state index contributed by atoms with van der Waals surface area (Å²) in [5.41, 5.74) is -2.70. The van der Waals surface area contributed by atoms with E-state index in [1.165, 1.54) is 0 Å². The van der Waals surface area contributed by atoms with Crippen molar-refractivity contribution in [2.24, 2.45) is 5.92 Å². The first-order chi connectivity index (χ1) is 9.57. The molecule has 0 radical (unpaired) electrons. The summed E-state index contributed by atoms with van der Waals surface area (Å²) in [7, 11) is 0. The van der Waals surface area contributed by atoms with Crippen LogP contribution in [0, 0.1) is 5.92 Å². The van der Waals surface area contributed by atoms with Crippen molar-refractivity contribution in [1.82, 2.24) is 0 Å². The first kappa shape index (κ1) is 17.8. The number of aliphatic hydroxyl groups is 1. The zero-order valence-corrected chi connectivity index (χ0v) is 11.4. The predicted molar refractivity (Wildman–Crippen MR) is 65.6 cm³/mol. The largest absolute Gasteiger partial charge is 0.416 e. The van der Waals surface area contributed by atoms with Crippen molar-refractivity contribution in [3.63, 3.8) is 0 Å². The van der Waals surface area contributed by atoms with Gasteiger partial charge in [0.2, 0.25) is 0 Å². The van der Waals surface area contributed by atoms with Gasteiger partial charge in [0, 0.05) is 6.61 Å². The van der Waals surface area contributed by atoms with Crippen molar-refractivity contribution >= 4 is 0 Å². The molecule has 0 bridgehead atoms. The summed E-state index contributed by atoms with van der Waals surface area (Å²) in [4.78, 5) is 0. The molecule has 1 aromatic rings. The lowest BCUT2D eigenvalue weighted by Gasteiger charge is -2.17. The highest BCUT2D eigenvalue weighted by Crippen LogP contribution is 2.36.